The highest BCUT2D eigenvalue weighted by Crippen LogP contribution is 2.16. The zero-order valence-corrected chi connectivity index (χ0v) is 14.5. The van der Waals surface area contributed by atoms with Gasteiger partial charge in [-0.2, -0.15) is 0 Å². The predicted molar refractivity (Wildman–Crippen MR) is 90.3 cm³/mol. The van der Waals surface area contributed by atoms with Gasteiger partial charge < -0.3 is 9.80 Å². The summed E-state index contributed by atoms with van der Waals surface area (Å²) in [5, 5.41) is 0. The molecule has 0 aromatic carbocycles. The number of piperidine rings is 2. The van der Waals surface area contributed by atoms with Crippen LogP contribution < -0.4 is 0 Å². The quantitative estimate of drug-likeness (QED) is 0.760. The Hall–Kier alpha value is -0.0800. The summed E-state index contributed by atoms with van der Waals surface area (Å²) in [5.74, 6) is 1.92. The Morgan fingerprint density at radius 1 is 0.750 bits per heavy atom. The largest absolute Gasteiger partial charge is 0.303 e. The molecule has 0 bridgehead atoms. The van der Waals surface area contributed by atoms with E-state index in [2.05, 4.69) is 37.5 Å². The minimum atomic E-state index is 0.945. The molecule has 0 aromatic rings. The molecule has 0 N–H and O–H groups in total. The van der Waals surface area contributed by atoms with Crippen molar-refractivity contribution in [3.8, 4) is 0 Å². The van der Waals surface area contributed by atoms with Gasteiger partial charge in [0.15, 0.2) is 0 Å². The first-order valence-electron chi connectivity index (χ1n) is 9.10. The molecule has 0 amide bonds. The number of likely N-dealkylation sites (tertiary alicyclic amines) is 2. The molecule has 2 heterocycles. The van der Waals surface area contributed by atoms with Gasteiger partial charge in [-0.05, 0) is 83.1 Å². The molecule has 0 radical (unpaired) electrons. The van der Waals surface area contributed by atoms with Crippen LogP contribution in [0.3, 0.4) is 0 Å². The van der Waals surface area contributed by atoms with Gasteiger partial charge in [-0.25, -0.2) is 0 Å². The van der Waals surface area contributed by atoms with Gasteiger partial charge in [0.2, 0.25) is 0 Å². The lowest BCUT2D eigenvalue weighted by molar-refractivity contribution is 0.184. The number of hydrogen-bond acceptors (Lipinski definition) is 2. The van der Waals surface area contributed by atoms with E-state index in [4.69, 9.17) is 0 Å². The molecule has 2 saturated heterocycles. The molecule has 2 aliphatic heterocycles. The summed E-state index contributed by atoms with van der Waals surface area (Å²) in [4.78, 5) is 5.17. The van der Waals surface area contributed by atoms with Crippen LogP contribution in [0.5, 0.6) is 0 Å². The highest BCUT2D eigenvalue weighted by molar-refractivity contribution is 4.69. The molecule has 120 valence electrons. The summed E-state index contributed by atoms with van der Waals surface area (Å²) in [6.45, 7) is 17.2. The second-order valence-electron chi connectivity index (χ2n) is 7.07. The third-order valence-corrected chi connectivity index (χ3v) is 4.70. The van der Waals surface area contributed by atoms with Crippen molar-refractivity contribution in [2.24, 2.45) is 11.8 Å². The van der Waals surface area contributed by atoms with Crippen LogP contribution in [0.1, 0.15) is 66.2 Å². The fraction of sp³-hybridized carbons (Fsp3) is 1.00. The van der Waals surface area contributed by atoms with Gasteiger partial charge in [-0.1, -0.05) is 27.7 Å². The zero-order chi connectivity index (χ0) is 14.8. The summed E-state index contributed by atoms with van der Waals surface area (Å²) >= 11 is 0. The fourth-order valence-electron chi connectivity index (χ4n) is 3.41. The van der Waals surface area contributed by atoms with Crippen molar-refractivity contribution >= 4 is 0 Å². The van der Waals surface area contributed by atoms with E-state index in [0.717, 1.165) is 11.8 Å². The summed E-state index contributed by atoms with van der Waals surface area (Å²) < 4.78 is 0. The van der Waals surface area contributed by atoms with E-state index in [1.165, 1.54) is 77.8 Å². The van der Waals surface area contributed by atoms with Crippen molar-refractivity contribution in [1.82, 2.24) is 9.80 Å². The lowest BCUT2D eigenvalue weighted by Crippen LogP contribution is -2.34. The highest BCUT2D eigenvalue weighted by atomic mass is 15.1. The Morgan fingerprint density at radius 3 is 1.90 bits per heavy atom. The standard InChI is InChI=1S/2C9H19N/c1-3-6-10-7-4-9(2)5-8-10;1-3-6-10-7-4-5-9(2)8-10/h2*9H,3-8H2,1-2H3. The fourth-order valence-corrected chi connectivity index (χ4v) is 3.41. The molecule has 20 heavy (non-hydrogen) atoms. The molecule has 2 aliphatic rings. The van der Waals surface area contributed by atoms with Crippen LogP contribution in [0, 0.1) is 11.8 Å². The van der Waals surface area contributed by atoms with E-state index in [1.54, 1.807) is 0 Å². The molecule has 2 rings (SSSR count). The van der Waals surface area contributed by atoms with Gasteiger partial charge in [0, 0.05) is 6.54 Å². The SMILES string of the molecule is CCCN1CCC(C)CC1.CCCN1CCCC(C)C1. The van der Waals surface area contributed by atoms with Crippen LogP contribution in [-0.2, 0) is 0 Å². The lowest BCUT2D eigenvalue weighted by Gasteiger charge is -2.30. The van der Waals surface area contributed by atoms with Crippen molar-refractivity contribution in [3.63, 3.8) is 0 Å². The van der Waals surface area contributed by atoms with E-state index >= 15 is 0 Å². The van der Waals surface area contributed by atoms with Gasteiger partial charge in [0.05, 0.1) is 0 Å². The van der Waals surface area contributed by atoms with Crippen LogP contribution in [0.15, 0.2) is 0 Å². The maximum absolute atomic E-state index is 2.59. The normalized spacial score (nSPS) is 26.1. The molecule has 1 atom stereocenters. The van der Waals surface area contributed by atoms with Gasteiger partial charge in [-0.3, -0.25) is 0 Å². The lowest BCUT2D eigenvalue weighted by atomic mass is 9.99. The summed E-state index contributed by atoms with van der Waals surface area (Å²) in [5.41, 5.74) is 0. The van der Waals surface area contributed by atoms with E-state index in [9.17, 15) is 0 Å². The molecule has 1 unspecified atom stereocenters. The number of hydrogen-bond donors (Lipinski definition) is 0. The van der Waals surface area contributed by atoms with Gasteiger partial charge in [0.25, 0.3) is 0 Å². The van der Waals surface area contributed by atoms with Crippen molar-refractivity contribution < 1.29 is 0 Å². The average molecular weight is 283 g/mol. The van der Waals surface area contributed by atoms with Gasteiger partial charge in [0.1, 0.15) is 0 Å². The molecule has 0 saturated carbocycles. The molecule has 0 aliphatic carbocycles. The molecule has 2 heteroatoms. The average Bonchev–Trinajstić information content (AvgIpc) is 2.43. The van der Waals surface area contributed by atoms with Crippen molar-refractivity contribution in [3.05, 3.63) is 0 Å². The van der Waals surface area contributed by atoms with E-state index in [-0.39, 0.29) is 0 Å². The van der Waals surface area contributed by atoms with Crippen molar-refractivity contribution in [2.45, 2.75) is 66.2 Å². The van der Waals surface area contributed by atoms with Crippen molar-refractivity contribution in [2.75, 3.05) is 39.3 Å². The molecule has 0 aromatic heterocycles. The van der Waals surface area contributed by atoms with E-state index in [1.807, 2.05) is 0 Å². The summed E-state index contributed by atoms with van der Waals surface area (Å²) in [7, 11) is 0. The van der Waals surface area contributed by atoms with E-state index in [0.29, 0.717) is 0 Å². The Morgan fingerprint density at radius 2 is 1.35 bits per heavy atom. The summed E-state index contributed by atoms with van der Waals surface area (Å²) in [6, 6.07) is 0. The Labute approximate surface area is 127 Å². The number of nitrogens with zero attached hydrogens (tertiary/aromatic N) is 2. The van der Waals surface area contributed by atoms with Crippen LogP contribution in [-0.4, -0.2) is 49.1 Å². The number of rotatable bonds is 4. The Bertz CT molecular complexity index is 219. The first kappa shape index (κ1) is 18.0. The Balaban J connectivity index is 0.000000200. The van der Waals surface area contributed by atoms with Crippen LogP contribution >= 0.6 is 0 Å². The van der Waals surface area contributed by atoms with Gasteiger partial charge in [-0.15, -0.1) is 0 Å². The molecular weight excluding hydrogens is 244 g/mol. The zero-order valence-electron chi connectivity index (χ0n) is 14.5. The summed E-state index contributed by atoms with van der Waals surface area (Å²) in [6.07, 6.45) is 8.32. The second kappa shape index (κ2) is 10.6. The monoisotopic (exact) mass is 282 g/mol. The van der Waals surface area contributed by atoms with Gasteiger partial charge >= 0.3 is 0 Å². The van der Waals surface area contributed by atoms with Crippen molar-refractivity contribution in [1.29, 1.82) is 0 Å². The molecular formula is C18H38N2. The minimum absolute atomic E-state index is 0.945. The van der Waals surface area contributed by atoms with E-state index < -0.39 is 0 Å². The highest BCUT2D eigenvalue weighted by Gasteiger charge is 2.14. The first-order valence-corrected chi connectivity index (χ1v) is 9.10. The smallest absolute Gasteiger partial charge is 0.000702 e. The second-order valence-corrected chi connectivity index (χ2v) is 7.07. The third kappa shape index (κ3) is 7.64. The first-order chi connectivity index (χ1) is 9.65. The van der Waals surface area contributed by atoms with Crippen LogP contribution in [0.4, 0.5) is 0 Å². The Kier molecular flexibility index (Phi) is 9.54. The molecule has 0 spiro atoms. The molecule has 2 nitrogen and oxygen atoms in total. The maximum atomic E-state index is 2.59. The minimum Gasteiger partial charge on any atom is -0.303 e. The van der Waals surface area contributed by atoms with Crippen LogP contribution in [0.2, 0.25) is 0 Å². The maximum Gasteiger partial charge on any atom is 0.000702 e. The topological polar surface area (TPSA) is 6.48 Å². The third-order valence-electron chi connectivity index (χ3n) is 4.70. The van der Waals surface area contributed by atoms with Crippen LogP contribution in [0.25, 0.3) is 0 Å². The molecule has 2 fully saturated rings. The predicted octanol–water partition coefficient (Wildman–Crippen LogP) is 4.26.